The number of nitrogens with one attached hydrogen (secondary N) is 1. The first-order valence-corrected chi connectivity index (χ1v) is 17.7. The third-order valence-corrected chi connectivity index (χ3v) is 9.31. The predicted octanol–water partition coefficient (Wildman–Crippen LogP) is 8.15. The molecule has 0 fully saturated rings. The number of nitrogens with zero attached hydrogens (tertiary/aromatic N) is 1. The molecule has 0 radical (unpaired) electrons. The van der Waals surface area contributed by atoms with E-state index in [4.69, 9.17) is 14.2 Å². The number of ether oxygens (including phenoxy) is 3. The van der Waals surface area contributed by atoms with E-state index in [2.05, 4.69) is 66.0 Å². The smallest absolute Gasteiger partial charge is 0.407 e. The van der Waals surface area contributed by atoms with Gasteiger partial charge in [-0.2, -0.15) is 0 Å². The molecule has 1 atom stereocenters. The van der Waals surface area contributed by atoms with E-state index in [0.29, 0.717) is 26.2 Å². The highest BCUT2D eigenvalue weighted by atomic mass is 16.7. The standard InChI is InChI=1S/C43H46N2O5/c1-3-48-41(49-4-2)29-45(26-14-17-31-15-6-5-7-16-31)42(46)40(28-32-24-25-33-18-8-9-19-34(33)27-32)44-43(47)50-30-39-37-22-12-10-20-35(37)36-21-11-13-23-38(36)39/h5-13,15-16,18-25,27,39-41H,3-4,14,17,26,28-30H2,1-2H3,(H,44,47). The minimum absolute atomic E-state index is 0.0876. The highest BCUT2D eigenvalue weighted by Crippen LogP contribution is 2.44. The molecule has 0 saturated carbocycles. The lowest BCUT2D eigenvalue weighted by molar-refractivity contribution is -0.160. The summed E-state index contributed by atoms with van der Waals surface area (Å²) in [4.78, 5) is 30.0. The molecule has 6 rings (SSSR count). The predicted molar refractivity (Wildman–Crippen MR) is 198 cm³/mol. The fraction of sp³-hybridized carbons (Fsp3) is 0.302. The van der Waals surface area contributed by atoms with E-state index in [-0.39, 0.29) is 25.0 Å². The van der Waals surface area contributed by atoms with E-state index in [9.17, 15) is 9.59 Å². The summed E-state index contributed by atoms with van der Waals surface area (Å²) in [5.74, 6) is -0.292. The van der Waals surface area contributed by atoms with Gasteiger partial charge in [0, 0.05) is 32.1 Å². The molecule has 7 nitrogen and oxygen atoms in total. The molecule has 0 aromatic heterocycles. The van der Waals surface area contributed by atoms with Crippen LogP contribution in [0.2, 0.25) is 0 Å². The van der Waals surface area contributed by atoms with Gasteiger partial charge in [-0.05, 0) is 70.8 Å². The van der Waals surface area contributed by atoms with Gasteiger partial charge in [0.25, 0.3) is 0 Å². The number of fused-ring (bicyclic) bond motifs is 4. The Labute approximate surface area is 295 Å². The van der Waals surface area contributed by atoms with Crippen molar-refractivity contribution in [1.29, 1.82) is 0 Å². The Hall–Kier alpha value is -4.98. The van der Waals surface area contributed by atoms with Gasteiger partial charge in [0.1, 0.15) is 12.6 Å². The molecule has 1 aliphatic carbocycles. The Morgan fingerprint density at radius 3 is 2.02 bits per heavy atom. The number of hydrogen-bond donors (Lipinski definition) is 1. The number of alkyl carbamates (subject to hydrolysis) is 1. The minimum atomic E-state index is -0.868. The lowest BCUT2D eigenvalue weighted by Crippen LogP contribution is -2.52. The third kappa shape index (κ3) is 8.59. The molecule has 1 N–H and O–H groups in total. The van der Waals surface area contributed by atoms with Crippen LogP contribution in [-0.4, -0.2) is 62.1 Å². The van der Waals surface area contributed by atoms with Crippen LogP contribution in [0.4, 0.5) is 4.79 Å². The summed E-state index contributed by atoms with van der Waals surface area (Å²) in [6.07, 6.45) is 0.654. The third-order valence-electron chi connectivity index (χ3n) is 9.31. The Morgan fingerprint density at radius 1 is 0.720 bits per heavy atom. The molecule has 0 aliphatic heterocycles. The molecule has 7 heteroatoms. The Kier molecular flexibility index (Phi) is 11.9. The number of rotatable bonds is 16. The number of benzene rings is 5. The van der Waals surface area contributed by atoms with Crippen LogP contribution in [0.5, 0.6) is 0 Å². The second-order valence-corrected chi connectivity index (χ2v) is 12.6. The van der Waals surface area contributed by atoms with Crippen LogP contribution in [0.25, 0.3) is 21.9 Å². The number of hydrogen-bond acceptors (Lipinski definition) is 5. The fourth-order valence-corrected chi connectivity index (χ4v) is 6.92. The molecule has 50 heavy (non-hydrogen) atoms. The van der Waals surface area contributed by atoms with Gasteiger partial charge in [-0.3, -0.25) is 4.79 Å². The Morgan fingerprint density at radius 2 is 1.34 bits per heavy atom. The van der Waals surface area contributed by atoms with Crippen molar-refractivity contribution >= 4 is 22.8 Å². The molecule has 0 spiro atoms. The first-order chi connectivity index (χ1) is 24.5. The molecule has 0 saturated heterocycles. The average molecular weight is 671 g/mol. The van der Waals surface area contributed by atoms with Crippen molar-refractivity contribution in [1.82, 2.24) is 10.2 Å². The van der Waals surface area contributed by atoms with Crippen molar-refractivity contribution in [2.45, 2.75) is 51.4 Å². The minimum Gasteiger partial charge on any atom is -0.449 e. The fourth-order valence-electron chi connectivity index (χ4n) is 6.92. The molecule has 0 heterocycles. The zero-order valence-corrected chi connectivity index (χ0v) is 28.9. The molecular weight excluding hydrogens is 624 g/mol. The van der Waals surface area contributed by atoms with E-state index in [1.807, 2.05) is 74.5 Å². The number of amides is 2. The normalized spacial score (nSPS) is 12.8. The van der Waals surface area contributed by atoms with Crippen molar-refractivity contribution < 1.29 is 23.8 Å². The summed E-state index contributed by atoms with van der Waals surface area (Å²) >= 11 is 0. The zero-order valence-electron chi connectivity index (χ0n) is 28.9. The summed E-state index contributed by atoms with van der Waals surface area (Å²) in [5.41, 5.74) is 6.73. The molecule has 2 amide bonds. The molecule has 5 aromatic carbocycles. The maximum Gasteiger partial charge on any atom is 0.407 e. The van der Waals surface area contributed by atoms with Crippen LogP contribution in [0, 0.1) is 0 Å². The molecule has 5 aromatic rings. The quantitative estimate of drug-likeness (QED) is 0.107. The first-order valence-electron chi connectivity index (χ1n) is 17.7. The van der Waals surface area contributed by atoms with Crippen LogP contribution in [0.15, 0.2) is 121 Å². The van der Waals surface area contributed by atoms with E-state index in [1.54, 1.807) is 4.90 Å². The SMILES string of the molecule is CCOC(CN(CCCc1ccccc1)C(=O)C(Cc1ccc2ccccc2c1)NC(=O)OCC1c2ccccc2-c2ccccc21)OCC. The highest BCUT2D eigenvalue weighted by molar-refractivity contribution is 5.87. The van der Waals surface area contributed by atoms with Gasteiger partial charge < -0.3 is 24.4 Å². The molecular formula is C43H46N2O5. The lowest BCUT2D eigenvalue weighted by Gasteiger charge is -2.31. The van der Waals surface area contributed by atoms with Crippen molar-refractivity contribution in [3.63, 3.8) is 0 Å². The first kappa shape index (κ1) is 34.9. The van der Waals surface area contributed by atoms with Crippen molar-refractivity contribution in [2.24, 2.45) is 0 Å². The van der Waals surface area contributed by atoms with Crippen molar-refractivity contribution in [3.8, 4) is 11.1 Å². The van der Waals surface area contributed by atoms with Crippen molar-refractivity contribution in [2.75, 3.05) is 32.9 Å². The highest BCUT2D eigenvalue weighted by Gasteiger charge is 2.32. The Bertz CT molecular complexity index is 1820. The largest absolute Gasteiger partial charge is 0.449 e. The molecule has 0 bridgehead atoms. The number of aryl methyl sites for hydroxylation is 1. The van der Waals surface area contributed by atoms with Gasteiger partial charge in [-0.1, -0.05) is 121 Å². The van der Waals surface area contributed by atoms with Crippen LogP contribution < -0.4 is 5.32 Å². The lowest BCUT2D eigenvalue weighted by atomic mass is 9.98. The number of carbonyl (C=O) groups is 2. The topological polar surface area (TPSA) is 77.1 Å². The van der Waals surface area contributed by atoms with Crippen LogP contribution in [0.3, 0.4) is 0 Å². The van der Waals surface area contributed by atoms with E-state index >= 15 is 0 Å². The maximum atomic E-state index is 14.6. The summed E-state index contributed by atoms with van der Waals surface area (Å²) in [7, 11) is 0. The molecule has 1 unspecified atom stereocenters. The van der Waals surface area contributed by atoms with Gasteiger partial charge in [-0.15, -0.1) is 0 Å². The van der Waals surface area contributed by atoms with Gasteiger partial charge in [0.2, 0.25) is 5.91 Å². The Balaban J connectivity index is 1.23. The van der Waals surface area contributed by atoms with Crippen LogP contribution in [-0.2, 0) is 31.8 Å². The zero-order chi connectivity index (χ0) is 34.7. The second-order valence-electron chi connectivity index (χ2n) is 12.6. The molecule has 1 aliphatic rings. The van der Waals surface area contributed by atoms with E-state index < -0.39 is 18.4 Å². The maximum absolute atomic E-state index is 14.6. The molecule has 258 valence electrons. The summed E-state index contributed by atoms with van der Waals surface area (Å²) in [6, 6.07) is 40.1. The van der Waals surface area contributed by atoms with Crippen LogP contribution >= 0.6 is 0 Å². The van der Waals surface area contributed by atoms with Gasteiger partial charge in [0.15, 0.2) is 6.29 Å². The monoisotopic (exact) mass is 670 g/mol. The summed E-state index contributed by atoms with van der Waals surface area (Å²) < 4.78 is 17.7. The van der Waals surface area contributed by atoms with Gasteiger partial charge >= 0.3 is 6.09 Å². The van der Waals surface area contributed by atoms with Crippen molar-refractivity contribution in [3.05, 3.63) is 144 Å². The average Bonchev–Trinajstić information content (AvgIpc) is 3.47. The second kappa shape index (κ2) is 17.1. The van der Waals surface area contributed by atoms with Gasteiger partial charge in [-0.25, -0.2) is 4.79 Å². The number of carbonyl (C=O) groups excluding carboxylic acids is 2. The summed E-state index contributed by atoms with van der Waals surface area (Å²) in [5, 5.41) is 5.16. The van der Waals surface area contributed by atoms with Crippen LogP contribution in [0.1, 0.15) is 48.4 Å². The van der Waals surface area contributed by atoms with Gasteiger partial charge in [0.05, 0.1) is 6.54 Å². The van der Waals surface area contributed by atoms with E-state index in [0.717, 1.165) is 51.4 Å². The van der Waals surface area contributed by atoms with E-state index in [1.165, 1.54) is 5.56 Å². The summed E-state index contributed by atoms with van der Waals surface area (Å²) in [6.45, 7) is 5.61.